The summed E-state index contributed by atoms with van der Waals surface area (Å²) in [6.07, 6.45) is 1.62. The van der Waals surface area contributed by atoms with Crippen molar-refractivity contribution in [1.29, 1.82) is 0 Å². The van der Waals surface area contributed by atoms with Crippen LogP contribution in [0.5, 0.6) is 0 Å². The van der Waals surface area contributed by atoms with Crippen LogP contribution in [0.4, 0.5) is 0 Å². The summed E-state index contributed by atoms with van der Waals surface area (Å²) < 4.78 is 0. The highest BCUT2D eigenvalue weighted by Crippen LogP contribution is 2.17. The molecule has 14 heavy (non-hydrogen) atoms. The van der Waals surface area contributed by atoms with Crippen molar-refractivity contribution in [2.75, 3.05) is 0 Å². The SMILES string of the molecule is CC(=Cc1ccc(Cl)c(C)c1)C(=O)O. The minimum atomic E-state index is -0.905. The van der Waals surface area contributed by atoms with Gasteiger partial charge in [0.25, 0.3) is 0 Å². The normalized spacial score (nSPS) is 11.5. The van der Waals surface area contributed by atoms with Gasteiger partial charge in [0.2, 0.25) is 0 Å². The van der Waals surface area contributed by atoms with E-state index in [2.05, 4.69) is 0 Å². The molecule has 2 nitrogen and oxygen atoms in total. The summed E-state index contributed by atoms with van der Waals surface area (Å²) in [6, 6.07) is 5.41. The maximum atomic E-state index is 10.6. The van der Waals surface area contributed by atoms with Crippen molar-refractivity contribution < 1.29 is 9.90 Å². The number of benzene rings is 1. The molecule has 0 heterocycles. The molecule has 1 aromatic carbocycles. The number of rotatable bonds is 2. The fourth-order valence-electron chi connectivity index (χ4n) is 1.07. The second kappa shape index (κ2) is 4.29. The van der Waals surface area contributed by atoms with Crippen molar-refractivity contribution in [3.8, 4) is 0 Å². The first-order valence-corrected chi connectivity index (χ1v) is 4.56. The first-order chi connectivity index (χ1) is 6.50. The third-order valence-electron chi connectivity index (χ3n) is 1.90. The molecule has 0 spiro atoms. The van der Waals surface area contributed by atoms with E-state index in [1.165, 1.54) is 0 Å². The molecule has 0 radical (unpaired) electrons. The zero-order chi connectivity index (χ0) is 10.7. The quantitative estimate of drug-likeness (QED) is 0.762. The van der Waals surface area contributed by atoms with Crippen molar-refractivity contribution >= 4 is 23.6 Å². The van der Waals surface area contributed by atoms with Crippen LogP contribution < -0.4 is 0 Å². The van der Waals surface area contributed by atoms with Crippen molar-refractivity contribution in [2.45, 2.75) is 13.8 Å². The van der Waals surface area contributed by atoms with E-state index in [1.807, 2.05) is 13.0 Å². The molecule has 1 aromatic rings. The summed E-state index contributed by atoms with van der Waals surface area (Å²) >= 11 is 5.84. The largest absolute Gasteiger partial charge is 0.478 e. The molecule has 0 saturated carbocycles. The van der Waals surface area contributed by atoms with Crippen LogP contribution in [0, 0.1) is 6.92 Å². The van der Waals surface area contributed by atoms with E-state index in [0.29, 0.717) is 10.6 Å². The topological polar surface area (TPSA) is 37.3 Å². The fraction of sp³-hybridized carbons (Fsp3) is 0.182. The van der Waals surface area contributed by atoms with Gasteiger partial charge in [-0.1, -0.05) is 23.7 Å². The molecule has 0 aliphatic rings. The lowest BCUT2D eigenvalue weighted by Gasteiger charge is -2.00. The minimum absolute atomic E-state index is 0.312. The predicted octanol–water partition coefficient (Wildman–Crippen LogP) is 3.14. The van der Waals surface area contributed by atoms with Gasteiger partial charge in [-0.05, 0) is 37.1 Å². The van der Waals surface area contributed by atoms with Gasteiger partial charge in [0, 0.05) is 10.6 Å². The lowest BCUT2D eigenvalue weighted by atomic mass is 10.1. The summed E-state index contributed by atoms with van der Waals surface area (Å²) in [5.41, 5.74) is 2.11. The Morgan fingerprint density at radius 1 is 1.50 bits per heavy atom. The average molecular weight is 211 g/mol. The van der Waals surface area contributed by atoms with E-state index >= 15 is 0 Å². The predicted molar refractivity (Wildman–Crippen MR) is 57.5 cm³/mol. The van der Waals surface area contributed by atoms with Gasteiger partial charge in [0.15, 0.2) is 0 Å². The van der Waals surface area contributed by atoms with Gasteiger partial charge in [-0.2, -0.15) is 0 Å². The molecular weight excluding hydrogens is 200 g/mol. The van der Waals surface area contributed by atoms with Crippen LogP contribution >= 0.6 is 11.6 Å². The van der Waals surface area contributed by atoms with Gasteiger partial charge in [0.1, 0.15) is 0 Å². The molecule has 0 aliphatic heterocycles. The summed E-state index contributed by atoms with van der Waals surface area (Å²) in [4.78, 5) is 10.6. The van der Waals surface area contributed by atoms with Crippen LogP contribution in [-0.4, -0.2) is 11.1 Å². The maximum absolute atomic E-state index is 10.6. The first-order valence-electron chi connectivity index (χ1n) is 4.18. The Morgan fingerprint density at radius 3 is 2.64 bits per heavy atom. The van der Waals surface area contributed by atoms with Crippen molar-refractivity contribution in [3.63, 3.8) is 0 Å². The Hall–Kier alpha value is -1.28. The van der Waals surface area contributed by atoms with Crippen LogP contribution in [0.3, 0.4) is 0 Å². The molecule has 0 aromatic heterocycles. The van der Waals surface area contributed by atoms with Gasteiger partial charge in [0.05, 0.1) is 0 Å². The number of carboxylic acid groups (broad SMARTS) is 1. The number of carbonyl (C=O) groups is 1. The zero-order valence-electron chi connectivity index (χ0n) is 8.04. The lowest BCUT2D eigenvalue weighted by Crippen LogP contribution is -1.95. The second-order valence-electron chi connectivity index (χ2n) is 3.14. The fourth-order valence-corrected chi connectivity index (χ4v) is 1.19. The minimum Gasteiger partial charge on any atom is -0.478 e. The van der Waals surface area contributed by atoms with Crippen LogP contribution in [0.25, 0.3) is 6.08 Å². The molecule has 1 rings (SSSR count). The Labute approximate surface area is 87.8 Å². The molecule has 0 bridgehead atoms. The lowest BCUT2D eigenvalue weighted by molar-refractivity contribution is -0.132. The summed E-state index contributed by atoms with van der Waals surface area (Å²) in [6.45, 7) is 3.45. The van der Waals surface area contributed by atoms with Crippen molar-refractivity contribution in [2.24, 2.45) is 0 Å². The molecule has 3 heteroatoms. The van der Waals surface area contributed by atoms with E-state index in [-0.39, 0.29) is 0 Å². The summed E-state index contributed by atoms with van der Waals surface area (Å²) in [7, 11) is 0. The highest BCUT2D eigenvalue weighted by molar-refractivity contribution is 6.31. The molecule has 1 N–H and O–H groups in total. The third-order valence-corrected chi connectivity index (χ3v) is 2.33. The van der Waals surface area contributed by atoms with E-state index in [1.54, 1.807) is 25.1 Å². The van der Waals surface area contributed by atoms with E-state index < -0.39 is 5.97 Å². The van der Waals surface area contributed by atoms with E-state index in [4.69, 9.17) is 16.7 Å². The smallest absolute Gasteiger partial charge is 0.331 e. The third kappa shape index (κ3) is 2.60. The molecule has 0 fully saturated rings. The highest BCUT2D eigenvalue weighted by Gasteiger charge is 2.00. The highest BCUT2D eigenvalue weighted by atomic mass is 35.5. The van der Waals surface area contributed by atoms with Crippen molar-refractivity contribution in [3.05, 3.63) is 39.9 Å². The molecule has 0 amide bonds. The molecule has 74 valence electrons. The Balaban J connectivity index is 3.04. The Bertz CT molecular complexity index is 394. The summed E-state index contributed by atoms with van der Waals surface area (Å²) in [5, 5.41) is 9.36. The van der Waals surface area contributed by atoms with Gasteiger partial charge in [-0.3, -0.25) is 0 Å². The van der Waals surface area contributed by atoms with Gasteiger partial charge in [-0.15, -0.1) is 0 Å². The van der Waals surface area contributed by atoms with E-state index in [0.717, 1.165) is 11.1 Å². The molecule has 0 aliphatic carbocycles. The van der Waals surface area contributed by atoms with Crippen LogP contribution in [0.2, 0.25) is 5.02 Å². The van der Waals surface area contributed by atoms with Gasteiger partial charge in [-0.25, -0.2) is 4.79 Å². The Kier molecular flexibility index (Phi) is 3.31. The number of halogens is 1. The van der Waals surface area contributed by atoms with Crippen LogP contribution in [-0.2, 0) is 4.79 Å². The Morgan fingerprint density at radius 2 is 2.14 bits per heavy atom. The molecular formula is C11H11ClO2. The number of aryl methyl sites for hydroxylation is 1. The van der Waals surface area contributed by atoms with E-state index in [9.17, 15) is 4.79 Å². The number of hydrogen-bond acceptors (Lipinski definition) is 1. The zero-order valence-corrected chi connectivity index (χ0v) is 8.80. The first kappa shape index (κ1) is 10.8. The van der Waals surface area contributed by atoms with Gasteiger partial charge >= 0.3 is 5.97 Å². The second-order valence-corrected chi connectivity index (χ2v) is 3.55. The number of carboxylic acids is 1. The monoisotopic (exact) mass is 210 g/mol. The maximum Gasteiger partial charge on any atom is 0.331 e. The number of hydrogen-bond donors (Lipinski definition) is 1. The standard InChI is InChI=1S/C11H11ClO2/c1-7-5-9(3-4-10(7)12)6-8(2)11(13)14/h3-6H,1-2H3,(H,13,14). The van der Waals surface area contributed by atoms with Crippen molar-refractivity contribution in [1.82, 2.24) is 0 Å². The van der Waals surface area contributed by atoms with Gasteiger partial charge < -0.3 is 5.11 Å². The molecule has 0 unspecified atom stereocenters. The van der Waals surface area contributed by atoms with Crippen LogP contribution in [0.15, 0.2) is 23.8 Å². The number of aliphatic carboxylic acids is 1. The average Bonchev–Trinajstić information content (AvgIpc) is 2.11. The molecule has 0 atom stereocenters. The summed E-state index contributed by atoms with van der Waals surface area (Å²) in [5.74, 6) is -0.905. The van der Waals surface area contributed by atoms with Crippen LogP contribution in [0.1, 0.15) is 18.1 Å². The molecule has 0 saturated heterocycles.